The lowest BCUT2D eigenvalue weighted by Crippen LogP contribution is -2.13. The van der Waals surface area contributed by atoms with Crippen LogP contribution in [0.1, 0.15) is 30.0 Å². The number of aromatic nitrogens is 1. The maximum atomic E-state index is 13.4. The van der Waals surface area contributed by atoms with Gasteiger partial charge in [0.1, 0.15) is 11.9 Å². The van der Waals surface area contributed by atoms with Crippen molar-refractivity contribution in [2.24, 2.45) is 0 Å². The molecule has 4 rings (SSSR count). The van der Waals surface area contributed by atoms with E-state index in [0.717, 1.165) is 48.9 Å². The lowest BCUT2D eigenvalue weighted by atomic mass is 10.1. The van der Waals surface area contributed by atoms with Gasteiger partial charge in [0, 0.05) is 27.8 Å². The summed E-state index contributed by atoms with van der Waals surface area (Å²) in [4.78, 5) is 17.8. The number of nitrogens with one attached hydrogen (secondary N) is 3. The maximum Gasteiger partial charge on any atom is 0.224 e. The van der Waals surface area contributed by atoms with Crippen LogP contribution < -0.4 is 10.0 Å². The van der Waals surface area contributed by atoms with E-state index in [4.69, 9.17) is 0 Å². The Balaban J connectivity index is 1.47. The highest BCUT2D eigenvalue weighted by molar-refractivity contribution is 8.00. The van der Waals surface area contributed by atoms with E-state index < -0.39 is 0 Å². The number of nitriles is 1. The summed E-state index contributed by atoms with van der Waals surface area (Å²) in [5, 5.41) is 13.3. The molecule has 1 aromatic heterocycles. The van der Waals surface area contributed by atoms with Crippen LogP contribution in [0.2, 0.25) is 0 Å². The van der Waals surface area contributed by atoms with Crippen LogP contribution in [-0.4, -0.2) is 16.6 Å². The predicted octanol–water partition coefficient (Wildman–Crippen LogP) is 7.29. The molecule has 0 aliphatic heterocycles. The van der Waals surface area contributed by atoms with Crippen molar-refractivity contribution in [2.45, 2.75) is 36.5 Å². The van der Waals surface area contributed by atoms with Gasteiger partial charge in [0.25, 0.3) is 0 Å². The number of aryl methyl sites for hydroxylation is 2. The van der Waals surface area contributed by atoms with Crippen LogP contribution in [0, 0.1) is 24.1 Å². The largest absolute Gasteiger partial charge is 0.358 e. The topological polar surface area (TPSA) is 80.7 Å². The van der Waals surface area contributed by atoms with Crippen molar-refractivity contribution < 1.29 is 9.18 Å². The summed E-state index contributed by atoms with van der Waals surface area (Å²) in [7, 11) is 0. The second kappa shape index (κ2) is 11.3. The Morgan fingerprint density at radius 3 is 2.77 bits per heavy atom. The Kier molecular flexibility index (Phi) is 8.01. The molecule has 3 N–H and O–H groups in total. The number of aromatic amines is 1. The van der Waals surface area contributed by atoms with Crippen molar-refractivity contribution in [3.63, 3.8) is 0 Å². The zero-order valence-electron chi connectivity index (χ0n) is 19.4. The Morgan fingerprint density at radius 1 is 1.14 bits per heavy atom. The van der Waals surface area contributed by atoms with Gasteiger partial charge in [0.15, 0.2) is 0 Å². The second-order valence-electron chi connectivity index (χ2n) is 7.97. The molecule has 0 aliphatic carbocycles. The summed E-state index contributed by atoms with van der Waals surface area (Å²) >= 11 is 3.10. The number of fused-ring (bicyclic) bond motifs is 1. The normalized spacial score (nSPS) is 10.8. The average Bonchev–Trinajstić information content (AvgIpc) is 3.29. The molecule has 4 aromatic rings. The summed E-state index contributed by atoms with van der Waals surface area (Å²) in [6.07, 6.45) is 2.46. The van der Waals surface area contributed by atoms with Crippen LogP contribution in [-0.2, 0) is 11.2 Å². The summed E-state index contributed by atoms with van der Waals surface area (Å²) < 4.78 is 16.8. The maximum absolute atomic E-state index is 13.4. The van der Waals surface area contributed by atoms with Crippen LogP contribution in [0.4, 0.5) is 15.8 Å². The van der Waals surface area contributed by atoms with Crippen LogP contribution in [0.3, 0.4) is 0 Å². The predicted molar refractivity (Wildman–Crippen MR) is 143 cm³/mol. The SMILES string of the molecule is CCSc1ccc(SNc2ccc(C)c3c(C#N)c[nH]c23)cc1NC(=O)CCc1cccc(F)c1. The third-order valence-corrected chi connectivity index (χ3v) is 7.27. The minimum Gasteiger partial charge on any atom is -0.358 e. The second-order valence-corrected chi connectivity index (χ2v) is 10.2. The van der Waals surface area contributed by atoms with Gasteiger partial charge < -0.3 is 15.0 Å². The number of thioether (sulfide) groups is 1. The van der Waals surface area contributed by atoms with Crippen molar-refractivity contribution in [3.8, 4) is 6.07 Å². The van der Waals surface area contributed by atoms with Crippen LogP contribution in [0.15, 0.2) is 70.6 Å². The standard InChI is InChI=1S/C27H25FN4OS2/c1-3-34-24-11-9-21(14-23(24)31-25(33)12-8-18-5-4-6-20(28)13-18)35-32-22-10-7-17(2)26-19(15-29)16-30-27(22)26/h4-7,9-11,13-14,16,30,32H,3,8,12H2,1-2H3,(H,31,33). The molecular formula is C27H25FN4OS2. The molecule has 5 nitrogen and oxygen atoms in total. The minimum absolute atomic E-state index is 0.113. The molecule has 0 aliphatic rings. The Hall–Kier alpha value is -3.41. The molecule has 178 valence electrons. The van der Waals surface area contributed by atoms with Gasteiger partial charge in [-0.1, -0.05) is 25.1 Å². The van der Waals surface area contributed by atoms with Crippen molar-refractivity contribution in [2.75, 3.05) is 15.8 Å². The first-order valence-electron chi connectivity index (χ1n) is 11.2. The van der Waals surface area contributed by atoms with E-state index in [9.17, 15) is 14.4 Å². The van der Waals surface area contributed by atoms with Crippen molar-refractivity contribution in [1.82, 2.24) is 4.98 Å². The number of H-pyrrole nitrogens is 1. The van der Waals surface area contributed by atoms with Crippen LogP contribution in [0.25, 0.3) is 10.9 Å². The fourth-order valence-electron chi connectivity index (χ4n) is 3.82. The van der Waals surface area contributed by atoms with E-state index >= 15 is 0 Å². The number of hydrogen-bond donors (Lipinski definition) is 3. The lowest BCUT2D eigenvalue weighted by molar-refractivity contribution is -0.116. The van der Waals surface area contributed by atoms with Gasteiger partial charge in [0.05, 0.1) is 22.5 Å². The van der Waals surface area contributed by atoms with Crippen molar-refractivity contribution >= 4 is 51.9 Å². The Labute approximate surface area is 212 Å². The molecule has 8 heteroatoms. The number of nitrogens with zero attached hydrogens (tertiary/aromatic N) is 1. The molecule has 35 heavy (non-hydrogen) atoms. The first-order valence-corrected chi connectivity index (χ1v) is 13.0. The molecule has 0 spiro atoms. The molecule has 0 unspecified atom stereocenters. The highest BCUT2D eigenvalue weighted by Crippen LogP contribution is 2.34. The fourth-order valence-corrected chi connectivity index (χ4v) is 5.27. The highest BCUT2D eigenvalue weighted by Gasteiger charge is 2.12. The van der Waals surface area contributed by atoms with E-state index in [1.165, 1.54) is 24.1 Å². The van der Waals surface area contributed by atoms with E-state index in [1.807, 2.05) is 43.3 Å². The monoisotopic (exact) mass is 504 g/mol. The first-order chi connectivity index (χ1) is 17.0. The molecule has 0 fully saturated rings. The number of carbonyl (C=O) groups is 1. The number of halogens is 1. The number of hydrogen-bond acceptors (Lipinski definition) is 5. The Morgan fingerprint density at radius 2 is 2.00 bits per heavy atom. The summed E-state index contributed by atoms with van der Waals surface area (Å²) in [6, 6.07) is 18.5. The van der Waals surface area contributed by atoms with Crippen LogP contribution >= 0.6 is 23.7 Å². The first kappa shape index (κ1) is 24.7. The molecule has 3 aromatic carbocycles. The van der Waals surface area contributed by atoms with Gasteiger partial charge in [-0.05, 0) is 78.6 Å². The zero-order valence-corrected chi connectivity index (χ0v) is 21.1. The number of carbonyl (C=O) groups excluding carboxylic acids is 1. The molecular weight excluding hydrogens is 479 g/mol. The summed E-state index contributed by atoms with van der Waals surface area (Å²) in [5.41, 5.74) is 4.98. The fraction of sp³-hybridized carbons (Fsp3) is 0.185. The van der Waals surface area contributed by atoms with Crippen molar-refractivity contribution in [3.05, 3.63) is 83.3 Å². The van der Waals surface area contributed by atoms with Gasteiger partial charge in [-0.15, -0.1) is 11.8 Å². The molecule has 1 amide bonds. The number of amides is 1. The van der Waals surface area contributed by atoms with Gasteiger partial charge in [0.2, 0.25) is 5.91 Å². The molecule has 1 heterocycles. The molecule has 0 atom stereocenters. The third-order valence-electron chi connectivity index (χ3n) is 5.50. The quantitative estimate of drug-likeness (QED) is 0.165. The molecule has 0 radical (unpaired) electrons. The lowest BCUT2D eigenvalue weighted by Gasteiger charge is -2.13. The minimum atomic E-state index is -0.296. The zero-order chi connectivity index (χ0) is 24.8. The number of benzene rings is 3. The molecule has 0 saturated heterocycles. The van der Waals surface area contributed by atoms with E-state index in [1.54, 1.807) is 24.0 Å². The van der Waals surface area contributed by atoms with Gasteiger partial charge in [-0.3, -0.25) is 4.79 Å². The molecule has 0 saturated carbocycles. The van der Waals surface area contributed by atoms with Crippen molar-refractivity contribution in [1.29, 1.82) is 5.26 Å². The van der Waals surface area contributed by atoms with Gasteiger partial charge in [-0.25, -0.2) is 4.39 Å². The third kappa shape index (κ3) is 5.99. The van der Waals surface area contributed by atoms with E-state index in [2.05, 4.69) is 28.0 Å². The van der Waals surface area contributed by atoms with Gasteiger partial charge in [-0.2, -0.15) is 5.26 Å². The smallest absolute Gasteiger partial charge is 0.224 e. The van der Waals surface area contributed by atoms with Gasteiger partial charge >= 0.3 is 0 Å². The van der Waals surface area contributed by atoms with E-state index in [-0.39, 0.29) is 18.1 Å². The average molecular weight is 505 g/mol. The molecule has 0 bridgehead atoms. The number of rotatable bonds is 9. The van der Waals surface area contributed by atoms with Crippen LogP contribution in [0.5, 0.6) is 0 Å². The summed E-state index contributed by atoms with van der Waals surface area (Å²) in [5.74, 6) is 0.473. The highest BCUT2D eigenvalue weighted by atomic mass is 32.2. The number of anilines is 2. The van der Waals surface area contributed by atoms with E-state index in [0.29, 0.717) is 12.0 Å². The summed E-state index contributed by atoms with van der Waals surface area (Å²) in [6.45, 7) is 4.06. The Bertz CT molecular complexity index is 1410.